The Labute approximate surface area is 256 Å². The molecule has 0 radical (unpaired) electrons. The van der Waals surface area contributed by atoms with Gasteiger partial charge in [0, 0.05) is 13.2 Å². The summed E-state index contributed by atoms with van der Waals surface area (Å²) in [5, 5.41) is 0. The highest BCUT2D eigenvalue weighted by molar-refractivity contribution is 5.01. The van der Waals surface area contributed by atoms with Gasteiger partial charge in [-0.1, -0.05) is 150 Å². The molecule has 0 bridgehead atoms. The van der Waals surface area contributed by atoms with Crippen LogP contribution in [0.4, 0.5) is 0 Å². The molecule has 1 fully saturated rings. The summed E-state index contributed by atoms with van der Waals surface area (Å²) < 4.78 is 11.4. The Bertz CT molecular complexity index is 690. The van der Waals surface area contributed by atoms with Crippen LogP contribution >= 0.6 is 0 Å². The van der Waals surface area contributed by atoms with Crippen molar-refractivity contribution >= 4 is 0 Å². The zero-order valence-electron chi connectivity index (χ0n) is 27.0. The quantitative estimate of drug-likeness (QED) is 0.0692. The molecule has 1 aliphatic rings. The molecule has 0 saturated carbocycles. The molecule has 0 spiro atoms. The molecule has 1 unspecified atom stereocenters. The fourth-order valence-corrected chi connectivity index (χ4v) is 5.01. The highest BCUT2D eigenvalue weighted by Gasteiger charge is 2.13. The van der Waals surface area contributed by atoms with Crippen LogP contribution in [0.5, 0.6) is 0 Å². The van der Waals surface area contributed by atoms with Crippen molar-refractivity contribution in [2.45, 2.75) is 161 Å². The highest BCUT2D eigenvalue weighted by atomic mass is 16.7. The van der Waals surface area contributed by atoms with Crippen LogP contribution in [-0.2, 0) is 9.47 Å². The molecular formula is C39H66O2. The van der Waals surface area contributed by atoms with Crippen molar-refractivity contribution in [1.29, 1.82) is 0 Å². The van der Waals surface area contributed by atoms with Crippen molar-refractivity contribution in [3.05, 3.63) is 72.9 Å². The first kappa shape index (κ1) is 37.4. The zero-order chi connectivity index (χ0) is 29.2. The summed E-state index contributed by atoms with van der Waals surface area (Å²) >= 11 is 0. The number of unbranched alkanes of at least 4 members (excludes halogenated alkanes) is 13. The summed E-state index contributed by atoms with van der Waals surface area (Å²) in [7, 11) is 0. The van der Waals surface area contributed by atoms with Crippen LogP contribution in [-0.4, -0.2) is 19.5 Å². The van der Waals surface area contributed by atoms with Gasteiger partial charge in [-0.25, -0.2) is 0 Å². The van der Waals surface area contributed by atoms with E-state index in [2.05, 4.69) is 79.8 Å². The highest BCUT2D eigenvalue weighted by Crippen LogP contribution is 2.15. The van der Waals surface area contributed by atoms with E-state index >= 15 is 0 Å². The Morgan fingerprint density at radius 3 is 1.34 bits per heavy atom. The van der Waals surface area contributed by atoms with E-state index in [-0.39, 0.29) is 6.29 Å². The molecule has 1 aliphatic heterocycles. The molecule has 0 aliphatic carbocycles. The van der Waals surface area contributed by atoms with Gasteiger partial charge in [0.2, 0.25) is 0 Å². The van der Waals surface area contributed by atoms with E-state index in [1.165, 1.54) is 103 Å². The van der Waals surface area contributed by atoms with Crippen molar-refractivity contribution in [1.82, 2.24) is 0 Å². The van der Waals surface area contributed by atoms with Crippen molar-refractivity contribution in [2.24, 2.45) is 0 Å². The lowest BCUT2D eigenvalue weighted by Crippen LogP contribution is -2.22. The first-order chi connectivity index (χ1) is 20.4. The molecule has 234 valence electrons. The Morgan fingerprint density at radius 2 is 0.902 bits per heavy atom. The first-order valence-electron chi connectivity index (χ1n) is 17.6. The van der Waals surface area contributed by atoms with Gasteiger partial charge in [-0.15, -0.1) is 0 Å². The van der Waals surface area contributed by atoms with Gasteiger partial charge < -0.3 is 9.47 Å². The van der Waals surface area contributed by atoms with E-state index in [0.717, 1.165) is 58.2 Å². The van der Waals surface area contributed by atoms with Crippen LogP contribution in [0.25, 0.3) is 0 Å². The summed E-state index contributed by atoms with van der Waals surface area (Å²) in [5.74, 6) is 0. The van der Waals surface area contributed by atoms with Crippen molar-refractivity contribution in [3.8, 4) is 0 Å². The third-order valence-electron chi connectivity index (χ3n) is 7.55. The molecule has 1 rings (SSSR count). The Balaban J connectivity index is 1.73. The predicted molar refractivity (Wildman–Crippen MR) is 182 cm³/mol. The number of rotatable bonds is 28. The lowest BCUT2D eigenvalue weighted by Gasteiger charge is -2.22. The second kappa shape index (κ2) is 32.9. The van der Waals surface area contributed by atoms with E-state index in [0.29, 0.717) is 0 Å². The van der Waals surface area contributed by atoms with Gasteiger partial charge in [-0.2, -0.15) is 0 Å². The fraction of sp³-hybridized carbons (Fsp3) is 0.692. The molecule has 41 heavy (non-hydrogen) atoms. The van der Waals surface area contributed by atoms with Gasteiger partial charge >= 0.3 is 0 Å². The van der Waals surface area contributed by atoms with Crippen LogP contribution in [0, 0.1) is 0 Å². The molecule has 2 heteroatoms. The maximum Gasteiger partial charge on any atom is 0.157 e. The number of hydrogen-bond donors (Lipinski definition) is 0. The molecule has 0 N–H and O–H groups in total. The van der Waals surface area contributed by atoms with Crippen molar-refractivity contribution < 1.29 is 9.47 Å². The van der Waals surface area contributed by atoms with E-state index < -0.39 is 0 Å². The third kappa shape index (κ3) is 29.6. The zero-order valence-corrected chi connectivity index (χ0v) is 27.0. The fourth-order valence-electron chi connectivity index (χ4n) is 5.01. The molecule has 0 aromatic heterocycles. The predicted octanol–water partition coefficient (Wildman–Crippen LogP) is 12.7. The van der Waals surface area contributed by atoms with Crippen molar-refractivity contribution in [3.63, 3.8) is 0 Å². The molecule has 1 saturated heterocycles. The van der Waals surface area contributed by atoms with Gasteiger partial charge in [-0.05, 0) is 77.0 Å². The van der Waals surface area contributed by atoms with E-state index in [1.54, 1.807) is 0 Å². The van der Waals surface area contributed by atoms with Gasteiger partial charge in [0.1, 0.15) is 0 Å². The second-order valence-electron chi connectivity index (χ2n) is 11.5. The summed E-state index contributed by atoms with van der Waals surface area (Å²) in [5.41, 5.74) is 0. The van der Waals surface area contributed by atoms with Crippen LogP contribution < -0.4 is 0 Å². The Morgan fingerprint density at radius 1 is 0.488 bits per heavy atom. The van der Waals surface area contributed by atoms with Crippen LogP contribution in [0.1, 0.15) is 155 Å². The molecule has 1 atom stereocenters. The summed E-state index contributed by atoms with van der Waals surface area (Å²) in [4.78, 5) is 0. The lowest BCUT2D eigenvalue weighted by molar-refractivity contribution is -0.162. The van der Waals surface area contributed by atoms with Crippen LogP contribution in [0.15, 0.2) is 72.9 Å². The van der Waals surface area contributed by atoms with Gasteiger partial charge in [0.15, 0.2) is 6.29 Å². The maximum absolute atomic E-state index is 5.82. The topological polar surface area (TPSA) is 18.5 Å². The first-order valence-corrected chi connectivity index (χ1v) is 17.6. The largest absolute Gasteiger partial charge is 0.353 e. The minimum absolute atomic E-state index is 0.0892. The molecule has 2 nitrogen and oxygen atoms in total. The smallest absolute Gasteiger partial charge is 0.157 e. The van der Waals surface area contributed by atoms with E-state index in [1.807, 2.05) is 0 Å². The summed E-state index contributed by atoms with van der Waals surface area (Å²) in [6.07, 6.45) is 56.5. The Kier molecular flexibility index (Phi) is 30.0. The van der Waals surface area contributed by atoms with Crippen LogP contribution in [0.2, 0.25) is 0 Å². The normalized spacial score (nSPS) is 16.8. The molecule has 0 aromatic rings. The van der Waals surface area contributed by atoms with Crippen LogP contribution in [0.3, 0.4) is 0 Å². The average molecular weight is 567 g/mol. The summed E-state index contributed by atoms with van der Waals surface area (Å²) in [6, 6.07) is 0. The minimum Gasteiger partial charge on any atom is -0.353 e. The molecular weight excluding hydrogens is 500 g/mol. The van der Waals surface area contributed by atoms with Gasteiger partial charge in [0.25, 0.3) is 0 Å². The molecule has 0 aromatic carbocycles. The Hall–Kier alpha value is -1.64. The molecule has 1 heterocycles. The lowest BCUT2D eigenvalue weighted by atomic mass is 10.0. The number of allylic oxidation sites excluding steroid dienone is 12. The monoisotopic (exact) mass is 567 g/mol. The summed E-state index contributed by atoms with van der Waals surface area (Å²) in [6.45, 7) is 3.94. The van der Waals surface area contributed by atoms with E-state index in [4.69, 9.17) is 9.47 Å². The standard InChI is InChI=1S/C39H66O2/c1-2-3-4-5-6-7-8-9-10-11-12-13-14-15-16-17-18-19-20-21-22-23-24-25-26-27-28-29-30-31-32-34-37-40-39-36-33-35-38-41-39/h3-4,6-7,9-10,12-13,15-16,18-19,39H,2,5,8,11,14,17,20-38H2,1H3/b4-3-,7-6-,10-9-,13-12-,16-15-,19-18-. The minimum atomic E-state index is 0.0892. The third-order valence-corrected chi connectivity index (χ3v) is 7.55. The number of ether oxygens (including phenoxy) is 2. The maximum atomic E-state index is 5.82. The van der Waals surface area contributed by atoms with Gasteiger partial charge in [0.05, 0.1) is 0 Å². The number of hydrogen-bond acceptors (Lipinski definition) is 2. The SMILES string of the molecule is CC/C=C\C/C=C\C/C=C\C/C=C\C/C=C\C/C=C\CCCCCCCCCCCCCCCOC1CCCCO1. The second-order valence-corrected chi connectivity index (χ2v) is 11.5. The van der Waals surface area contributed by atoms with Gasteiger partial charge in [-0.3, -0.25) is 0 Å². The average Bonchev–Trinajstić information content (AvgIpc) is 3.00. The van der Waals surface area contributed by atoms with Crippen molar-refractivity contribution in [2.75, 3.05) is 13.2 Å². The van der Waals surface area contributed by atoms with E-state index in [9.17, 15) is 0 Å². The molecule has 0 amide bonds.